The van der Waals surface area contributed by atoms with Crippen LogP contribution in [0.4, 0.5) is 0 Å². The van der Waals surface area contributed by atoms with Gasteiger partial charge in [-0.3, -0.25) is 4.79 Å². The number of unbranched alkanes of at least 4 members (excludes halogenated alkanes) is 5. The van der Waals surface area contributed by atoms with Crippen LogP contribution in [0.1, 0.15) is 52.4 Å². The van der Waals surface area contributed by atoms with Crippen molar-refractivity contribution in [2.24, 2.45) is 0 Å². The van der Waals surface area contributed by atoms with E-state index in [4.69, 9.17) is 18.9 Å². The number of hydrogen-bond donors (Lipinski definition) is 7. The number of nitrogens with one attached hydrogen (secondary N) is 1. The van der Waals surface area contributed by atoms with Crippen molar-refractivity contribution in [3.8, 4) is 0 Å². The van der Waals surface area contributed by atoms with E-state index in [-0.39, 0.29) is 0 Å². The SMILES string of the molecule is CCCCCCCCO[C@H]1O[C@@H](CO)[C@H](O)[C@@H](O[C@H]2O[C@@H](CO)[C@H](O)[C@@H](O)[C@@H]2O)[C@@H]1NC(C)=O. The summed E-state index contributed by atoms with van der Waals surface area (Å²) in [7, 11) is 0. The summed E-state index contributed by atoms with van der Waals surface area (Å²) < 4.78 is 22.7. The van der Waals surface area contributed by atoms with Gasteiger partial charge in [-0.15, -0.1) is 0 Å². The molecule has 0 radical (unpaired) electrons. The van der Waals surface area contributed by atoms with Crippen molar-refractivity contribution < 1.29 is 54.4 Å². The van der Waals surface area contributed by atoms with Crippen LogP contribution in [-0.2, 0) is 23.7 Å². The Kier molecular flexibility index (Phi) is 12.6. The Hall–Kier alpha value is -0.930. The molecule has 0 aromatic carbocycles. The van der Waals surface area contributed by atoms with E-state index in [1.54, 1.807) is 0 Å². The first-order chi connectivity index (χ1) is 16.2. The molecule has 0 aliphatic carbocycles. The van der Waals surface area contributed by atoms with Crippen LogP contribution in [0.3, 0.4) is 0 Å². The minimum atomic E-state index is -1.71. The van der Waals surface area contributed by atoms with Crippen molar-refractivity contribution >= 4 is 5.91 Å². The summed E-state index contributed by atoms with van der Waals surface area (Å²) in [5, 5.41) is 62.9. The highest BCUT2D eigenvalue weighted by Crippen LogP contribution is 2.29. The average Bonchev–Trinajstić information content (AvgIpc) is 2.81. The normalized spacial score (nSPS) is 38.6. The van der Waals surface area contributed by atoms with Crippen molar-refractivity contribution in [2.75, 3.05) is 19.8 Å². The Balaban J connectivity index is 2.12. The fraction of sp³-hybridized carbons (Fsp3) is 0.955. The fourth-order valence-electron chi connectivity index (χ4n) is 4.18. The minimum Gasteiger partial charge on any atom is -0.394 e. The van der Waals surface area contributed by atoms with E-state index < -0.39 is 80.5 Å². The lowest BCUT2D eigenvalue weighted by Crippen LogP contribution is -2.68. The van der Waals surface area contributed by atoms with E-state index in [0.717, 1.165) is 32.1 Å². The molecule has 0 bridgehead atoms. The first-order valence-electron chi connectivity index (χ1n) is 12.0. The zero-order valence-electron chi connectivity index (χ0n) is 19.9. The first-order valence-corrected chi connectivity index (χ1v) is 12.0. The summed E-state index contributed by atoms with van der Waals surface area (Å²) in [6.07, 6.45) is -6.43. The molecule has 0 aromatic heterocycles. The Bertz CT molecular complexity index is 595. The zero-order valence-corrected chi connectivity index (χ0v) is 19.9. The second-order valence-electron chi connectivity index (χ2n) is 8.88. The third-order valence-corrected chi connectivity index (χ3v) is 6.14. The Labute approximate surface area is 199 Å². The van der Waals surface area contributed by atoms with Crippen molar-refractivity contribution in [1.82, 2.24) is 5.32 Å². The van der Waals surface area contributed by atoms with Gasteiger partial charge in [0.1, 0.15) is 48.8 Å². The molecular weight excluding hydrogens is 454 g/mol. The van der Waals surface area contributed by atoms with Crippen LogP contribution in [0.25, 0.3) is 0 Å². The van der Waals surface area contributed by atoms with Crippen molar-refractivity contribution in [3.63, 3.8) is 0 Å². The number of carbonyl (C=O) groups excluding carboxylic acids is 1. The summed E-state index contributed by atoms with van der Waals surface area (Å²) in [4.78, 5) is 11.9. The molecule has 12 heteroatoms. The number of aliphatic hydroxyl groups is 6. The maximum Gasteiger partial charge on any atom is 0.217 e. The van der Waals surface area contributed by atoms with Gasteiger partial charge in [0.25, 0.3) is 0 Å². The van der Waals surface area contributed by atoms with Crippen LogP contribution >= 0.6 is 0 Å². The van der Waals surface area contributed by atoms with Crippen LogP contribution in [0.2, 0.25) is 0 Å². The Morgan fingerprint density at radius 3 is 2.03 bits per heavy atom. The lowest BCUT2D eigenvalue weighted by molar-refractivity contribution is -0.344. The third-order valence-electron chi connectivity index (χ3n) is 6.14. The van der Waals surface area contributed by atoms with Gasteiger partial charge in [0.05, 0.1) is 13.2 Å². The third kappa shape index (κ3) is 7.79. The molecule has 2 aliphatic heterocycles. The van der Waals surface area contributed by atoms with E-state index in [9.17, 15) is 35.4 Å². The molecule has 2 rings (SSSR count). The smallest absolute Gasteiger partial charge is 0.217 e. The topological polar surface area (TPSA) is 187 Å². The van der Waals surface area contributed by atoms with Crippen molar-refractivity contribution in [1.29, 1.82) is 0 Å². The highest BCUT2D eigenvalue weighted by Gasteiger charge is 2.51. The molecule has 0 aromatic rings. The second-order valence-corrected chi connectivity index (χ2v) is 8.88. The molecule has 2 saturated heterocycles. The molecule has 1 amide bonds. The molecule has 34 heavy (non-hydrogen) atoms. The average molecular weight is 496 g/mol. The molecule has 0 unspecified atom stereocenters. The molecule has 12 nitrogen and oxygen atoms in total. The van der Waals surface area contributed by atoms with Crippen LogP contribution in [0.15, 0.2) is 0 Å². The Morgan fingerprint density at radius 2 is 1.41 bits per heavy atom. The monoisotopic (exact) mass is 495 g/mol. The molecule has 10 atom stereocenters. The first kappa shape index (κ1) is 29.3. The summed E-state index contributed by atoms with van der Waals surface area (Å²) in [6.45, 7) is 2.49. The maximum absolute atomic E-state index is 11.9. The number of amides is 1. The van der Waals surface area contributed by atoms with Crippen LogP contribution in [0.5, 0.6) is 0 Å². The number of hydrogen-bond acceptors (Lipinski definition) is 11. The van der Waals surface area contributed by atoms with Gasteiger partial charge in [0.15, 0.2) is 12.6 Å². The lowest BCUT2D eigenvalue weighted by Gasteiger charge is -2.47. The zero-order chi connectivity index (χ0) is 25.3. The van der Waals surface area contributed by atoms with Gasteiger partial charge in [-0.2, -0.15) is 0 Å². The summed E-state index contributed by atoms with van der Waals surface area (Å²) in [5.74, 6) is -0.459. The van der Waals surface area contributed by atoms with Gasteiger partial charge < -0.3 is 54.9 Å². The van der Waals surface area contributed by atoms with E-state index in [2.05, 4.69) is 12.2 Å². The van der Waals surface area contributed by atoms with Crippen molar-refractivity contribution in [2.45, 2.75) is 114 Å². The summed E-state index contributed by atoms with van der Waals surface area (Å²) in [6, 6.07) is -1.04. The van der Waals surface area contributed by atoms with Crippen LogP contribution in [-0.4, -0.2) is 118 Å². The molecule has 2 aliphatic rings. The number of carbonyl (C=O) groups is 1. The van der Waals surface area contributed by atoms with E-state index in [1.807, 2.05) is 0 Å². The van der Waals surface area contributed by atoms with E-state index in [1.165, 1.54) is 13.3 Å². The molecule has 7 N–H and O–H groups in total. The van der Waals surface area contributed by atoms with Gasteiger partial charge in [-0.25, -0.2) is 0 Å². The van der Waals surface area contributed by atoms with E-state index >= 15 is 0 Å². The van der Waals surface area contributed by atoms with Gasteiger partial charge in [-0.1, -0.05) is 39.0 Å². The van der Waals surface area contributed by atoms with Crippen molar-refractivity contribution in [3.05, 3.63) is 0 Å². The van der Waals surface area contributed by atoms with Gasteiger partial charge in [0.2, 0.25) is 5.91 Å². The number of aliphatic hydroxyl groups excluding tert-OH is 6. The molecule has 2 heterocycles. The number of rotatable bonds is 13. The lowest BCUT2D eigenvalue weighted by atomic mass is 9.95. The van der Waals surface area contributed by atoms with Crippen LogP contribution < -0.4 is 5.32 Å². The molecule has 2 fully saturated rings. The largest absolute Gasteiger partial charge is 0.394 e. The maximum atomic E-state index is 11.9. The van der Waals surface area contributed by atoms with Gasteiger partial charge in [0, 0.05) is 13.5 Å². The summed E-state index contributed by atoms with van der Waals surface area (Å²) >= 11 is 0. The van der Waals surface area contributed by atoms with Gasteiger partial charge >= 0.3 is 0 Å². The van der Waals surface area contributed by atoms with Gasteiger partial charge in [-0.05, 0) is 6.42 Å². The van der Waals surface area contributed by atoms with Crippen LogP contribution in [0, 0.1) is 0 Å². The number of ether oxygens (including phenoxy) is 4. The Morgan fingerprint density at radius 1 is 0.824 bits per heavy atom. The minimum absolute atomic E-state index is 0.313. The quantitative estimate of drug-likeness (QED) is 0.142. The highest BCUT2D eigenvalue weighted by molar-refractivity contribution is 5.73. The van der Waals surface area contributed by atoms with E-state index in [0.29, 0.717) is 6.61 Å². The molecule has 200 valence electrons. The standard InChI is InChI=1S/C22H41NO11/c1-3-4-5-6-7-8-9-31-21-15(23-12(2)26)20(17(28)14(11-25)32-21)34-22-19(30)18(29)16(27)13(10-24)33-22/h13-22,24-25,27-30H,3-11H2,1-2H3,(H,23,26)/t13-,14-,15-,16-,17-,18+,19-,20-,21-,22+/m0/s1. The summed E-state index contributed by atoms with van der Waals surface area (Å²) in [5.41, 5.74) is 0. The fourth-order valence-corrected chi connectivity index (χ4v) is 4.18. The molecular formula is C22H41NO11. The predicted octanol–water partition coefficient (Wildman–Crippen LogP) is -1.87. The second kappa shape index (κ2) is 14.6. The predicted molar refractivity (Wildman–Crippen MR) is 117 cm³/mol. The highest BCUT2D eigenvalue weighted by atomic mass is 16.7. The molecule has 0 spiro atoms. The molecule has 0 saturated carbocycles.